The van der Waals surface area contributed by atoms with Crippen LogP contribution in [0.3, 0.4) is 0 Å². The summed E-state index contributed by atoms with van der Waals surface area (Å²) in [5.74, 6) is 2.27. The summed E-state index contributed by atoms with van der Waals surface area (Å²) < 4.78 is 0. The quantitative estimate of drug-likeness (QED) is 0.786. The van der Waals surface area contributed by atoms with E-state index in [0.717, 1.165) is 11.8 Å². The van der Waals surface area contributed by atoms with Crippen molar-refractivity contribution in [2.24, 2.45) is 11.8 Å². The summed E-state index contributed by atoms with van der Waals surface area (Å²) in [6, 6.07) is 10.3. The van der Waals surface area contributed by atoms with E-state index in [0.29, 0.717) is 18.0 Å². The smallest absolute Gasteiger partial charge is 0.0294 e. The van der Waals surface area contributed by atoms with Crippen LogP contribution < -0.4 is 5.32 Å². The molecule has 0 radical (unpaired) electrons. The van der Waals surface area contributed by atoms with Gasteiger partial charge in [0.1, 0.15) is 0 Å². The summed E-state index contributed by atoms with van der Waals surface area (Å²) in [5.41, 5.74) is 2.85. The monoisotopic (exact) mass is 273 g/mol. The molecule has 1 aromatic carbocycles. The van der Waals surface area contributed by atoms with Gasteiger partial charge in [0.15, 0.2) is 0 Å². The van der Waals surface area contributed by atoms with Crippen LogP contribution in [0.15, 0.2) is 24.3 Å². The van der Waals surface area contributed by atoms with E-state index in [9.17, 15) is 0 Å². The number of rotatable bonds is 4. The van der Waals surface area contributed by atoms with Crippen molar-refractivity contribution >= 4 is 0 Å². The van der Waals surface area contributed by atoms with Crippen LogP contribution in [0.1, 0.15) is 77.0 Å². The Morgan fingerprint density at radius 2 is 1.55 bits per heavy atom. The average molecular weight is 273 g/mol. The van der Waals surface area contributed by atoms with Crippen LogP contribution >= 0.6 is 0 Å². The fraction of sp³-hybridized carbons (Fsp3) is 0.684. The minimum absolute atomic E-state index is 0.453. The molecule has 112 valence electrons. The van der Waals surface area contributed by atoms with E-state index in [2.05, 4.69) is 64.2 Å². The number of hydrogen-bond acceptors (Lipinski definition) is 1. The Hall–Kier alpha value is -0.820. The van der Waals surface area contributed by atoms with Gasteiger partial charge in [0.05, 0.1) is 0 Å². The maximum Gasteiger partial charge on any atom is 0.0294 e. The summed E-state index contributed by atoms with van der Waals surface area (Å²) in [4.78, 5) is 0. The third kappa shape index (κ3) is 3.63. The summed E-state index contributed by atoms with van der Waals surface area (Å²) in [6.45, 7) is 11.6. The maximum absolute atomic E-state index is 3.86. The Balaban J connectivity index is 1.98. The molecule has 1 fully saturated rings. The molecule has 1 N–H and O–H groups in total. The summed E-state index contributed by atoms with van der Waals surface area (Å²) in [5, 5.41) is 3.86. The zero-order valence-electron chi connectivity index (χ0n) is 13.8. The van der Waals surface area contributed by atoms with Gasteiger partial charge in [0.25, 0.3) is 0 Å². The van der Waals surface area contributed by atoms with E-state index >= 15 is 0 Å². The molecule has 1 aromatic rings. The van der Waals surface area contributed by atoms with Crippen LogP contribution in [-0.4, -0.2) is 6.04 Å². The van der Waals surface area contributed by atoms with Crippen molar-refractivity contribution in [2.45, 2.75) is 71.9 Å². The van der Waals surface area contributed by atoms with Crippen molar-refractivity contribution in [3.05, 3.63) is 35.4 Å². The van der Waals surface area contributed by atoms with Gasteiger partial charge in [-0.3, -0.25) is 0 Å². The molecule has 0 aromatic heterocycles. The molecule has 1 aliphatic rings. The van der Waals surface area contributed by atoms with E-state index in [-0.39, 0.29) is 0 Å². The second-order valence-electron chi connectivity index (χ2n) is 7.08. The lowest BCUT2D eigenvalue weighted by molar-refractivity contribution is 0.196. The van der Waals surface area contributed by atoms with Gasteiger partial charge in [-0.2, -0.15) is 0 Å². The molecule has 0 bridgehead atoms. The van der Waals surface area contributed by atoms with Gasteiger partial charge < -0.3 is 5.32 Å². The molecular formula is C19H31N. The molecule has 20 heavy (non-hydrogen) atoms. The lowest BCUT2D eigenvalue weighted by Crippen LogP contribution is -2.41. The predicted octanol–water partition coefficient (Wildman–Crippen LogP) is 5.29. The van der Waals surface area contributed by atoms with E-state index in [1.807, 2.05) is 0 Å². The summed E-state index contributed by atoms with van der Waals surface area (Å²) in [6.07, 6.45) is 4.11. The van der Waals surface area contributed by atoms with Gasteiger partial charge in [-0.15, -0.1) is 0 Å². The van der Waals surface area contributed by atoms with Gasteiger partial charge >= 0.3 is 0 Å². The molecule has 1 heteroatoms. The van der Waals surface area contributed by atoms with Crippen LogP contribution in [0.5, 0.6) is 0 Å². The van der Waals surface area contributed by atoms with Gasteiger partial charge in [0.2, 0.25) is 0 Å². The normalized spacial score (nSPS) is 28.6. The van der Waals surface area contributed by atoms with Crippen molar-refractivity contribution in [2.75, 3.05) is 0 Å². The molecule has 0 spiro atoms. The van der Waals surface area contributed by atoms with E-state index in [1.54, 1.807) is 0 Å². The Morgan fingerprint density at radius 3 is 2.15 bits per heavy atom. The van der Waals surface area contributed by atoms with Crippen LogP contribution in [0.2, 0.25) is 0 Å². The largest absolute Gasteiger partial charge is 0.307 e. The zero-order chi connectivity index (χ0) is 14.7. The third-order valence-corrected chi connectivity index (χ3v) is 5.27. The van der Waals surface area contributed by atoms with Gasteiger partial charge in [0, 0.05) is 12.1 Å². The van der Waals surface area contributed by atoms with Gasteiger partial charge in [-0.1, -0.05) is 64.8 Å². The third-order valence-electron chi connectivity index (χ3n) is 5.27. The lowest BCUT2D eigenvalue weighted by atomic mass is 9.77. The standard InChI is InChI=1S/C19H31N/c1-13(2)17-9-11-18(12-10-17)16(5)20-19-8-6-7-14(3)15(19)4/h9-16,19-20H,6-8H2,1-5H3. The number of benzene rings is 1. The Labute approximate surface area is 125 Å². The number of hydrogen-bond donors (Lipinski definition) is 1. The highest BCUT2D eigenvalue weighted by Crippen LogP contribution is 2.31. The molecule has 4 unspecified atom stereocenters. The van der Waals surface area contributed by atoms with Gasteiger partial charge in [-0.05, 0) is 42.2 Å². The van der Waals surface area contributed by atoms with Crippen LogP contribution in [0, 0.1) is 11.8 Å². The molecule has 1 aliphatic carbocycles. The molecule has 1 saturated carbocycles. The van der Waals surface area contributed by atoms with Crippen molar-refractivity contribution < 1.29 is 0 Å². The second kappa shape index (κ2) is 6.76. The SMILES string of the molecule is CC(C)c1ccc(C(C)NC2CCCC(C)C2C)cc1. The number of nitrogens with one attached hydrogen (secondary N) is 1. The average Bonchev–Trinajstić information content (AvgIpc) is 2.44. The Morgan fingerprint density at radius 1 is 0.950 bits per heavy atom. The molecule has 0 heterocycles. The minimum atomic E-state index is 0.453. The van der Waals surface area contributed by atoms with Crippen molar-refractivity contribution in [1.29, 1.82) is 0 Å². The van der Waals surface area contributed by atoms with Crippen molar-refractivity contribution in [1.82, 2.24) is 5.32 Å². The molecule has 0 amide bonds. The highest BCUT2D eigenvalue weighted by atomic mass is 15.0. The van der Waals surface area contributed by atoms with Crippen LogP contribution in [-0.2, 0) is 0 Å². The molecule has 1 nitrogen and oxygen atoms in total. The highest BCUT2D eigenvalue weighted by Gasteiger charge is 2.27. The molecule has 2 rings (SSSR count). The van der Waals surface area contributed by atoms with Gasteiger partial charge in [-0.25, -0.2) is 0 Å². The first-order valence-corrected chi connectivity index (χ1v) is 8.35. The predicted molar refractivity (Wildman–Crippen MR) is 88.0 cm³/mol. The molecular weight excluding hydrogens is 242 g/mol. The minimum Gasteiger partial charge on any atom is -0.307 e. The Kier molecular flexibility index (Phi) is 5.26. The van der Waals surface area contributed by atoms with Crippen LogP contribution in [0.25, 0.3) is 0 Å². The first-order chi connectivity index (χ1) is 9.49. The molecule has 4 atom stereocenters. The van der Waals surface area contributed by atoms with Crippen molar-refractivity contribution in [3.63, 3.8) is 0 Å². The Bertz CT molecular complexity index is 406. The van der Waals surface area contributed by atoms with E-state index in [1.165, 1.54) is 30.4 Å². The summed E-state index contributed by atoms with van der Waals surface area (Å²) >= 11 is 0. The van der Waals surface area contributed by atoms with E-state index in [4.69, 9.17) is 0 Å². The lowest BCUT2D eigenvalue weighted by Gasteiger charge is -2.36. The molecule has 0 saturated heterocycles. The van der Waals surface area contributed by atoms with Crippen molar-refractivity contribution in [3.8, 4) is 0 Å². The zero-order valence-corrected chi connectivity index (χ0v) is 13.8. The van der Waals surface area contributed by atoms with E-state index < -0.39 is 0 Å². The second-order valence-corrected chi connectivity index (χ2v) is 7.08. The first kappa shape index (κ1) is 15.6. The maximum atomic E-state index is 3.86. The molecule has 0 aliphatic heterocycles. The topological polar surface area (TPSA) is 12.0 Å². The van der Waals surface area contributed by atoms with Crippen LogP contribution in [0.4, 0.5) is 0 Å². The first-order valence-electron chi connectivity index (χ1n) is 8.35. The fourth-order valence-electron chi connectivity index (χ4n) is 3.40. The fourth-order valence-corrected chi connectivity index (χ4v) is 3.40. The summed E-state index contributed by atoms with van der Waals surface area (Å²) in [7, 11) is 0. The highest BCUT2D eigenvalue weighted by molar-refractivity contribution is 5.26.